The molecular weight excluding hydrogens is 271 g/mol. The van der Waals surface area contributed by atoms with Crippen LogP contribution >= 0.6 is 0 Å². The van der Waals surface area contributed by atoms with Gasteiger partial charge in [-0.3, -0.25) is 0 Å². The Kier molecular flexibility index (Phi) is 5.71. The Labute approximate surface area is 113 Å². The highest BCUT2D eigenvalue weighted by atomic mass is 32.2. The highest BCUT2D eigenvalue weighted by molar-refractivity contribution is 7.89. The van der Waals surface area contributed by atoms with Gasteiger partial charge in [0.1, 0.15) is 0 Å². The van der Waals surface area contributed by atoms with Crippen LogP contribution < -0.4 is 15.2 Å². The molecule has 1 atom stereocenters. The highest BCUT2D eigenvalue weighted by Crippen LogP contribution is 2.20. The van der Waals surface area contributed by atoms with E-state index in [1.807, 2.05) is 6.92 Å². The smallest absolute Gasteiger partial charge is 0.240 e. The summed E-state index contributed by atoms with van der Waals surface area (Å²) in [6.45, 7) is 2.13. The normalized spacial score (nSPS) is 13.3. The molecule has 0 aromatic heterocycles. The quantitative estimate of drug-likeness (QED) is 0.791. The van der Waals surface area contributed by atoms with E-state index in [1.165, 1.54) is 19.2 Å². The molecule has 1 aromatic carbocycles. The Morgan fingerprint density at radius 3 is 2.63 bits per heavy atom. The van der Waals surface area contributed by atoms with Gasteiger partial charge in [-0.25, -0.2) is 17.5 Å². The Hall–Kier alpha value is -1.18. The lowest BCUT2D eigenvalue weighted by atomic mass is 10.2. The minimum Gasteiger partial charge on any atom is -0.494 e. The van der Waals surface area contributed by atoms with Gasteiger partial charge in [0.15, 0.2) is 11.6 Å². The van der Waals surface area contributed by atoms with Crippen molar-refractivity contribution >= 4 is 10.0 Å². The fourth-order valence-electron chi connectivity index (χ4n) is 1.68. The van der Waals surface area contributed by atoms with E-state index in [4.69, 9.17) is 10.5 Å². The van der Waals surface area contributed by atoms with Crippen molar-refractivity contribution < 1.29 is 17.5 Å². The molecule has 1 unspecified atom stereocenters. The van der Waals surface area contributed by atoms with Crippen molar-refractivity contribution in [1.29, 1.82) is 0 Å². The first-order valence-electron chi connectivity index (χ1n) is 6.00. The largest absolute Gasteiger partial charge is 0.494 e. The third-order valence-corrected chi connectivity index (χ3v) is 4.20. The molecule has 1 rings (SSSR count). The van der Waals surface area contributed by atoms with Crippen LogP contribution in [0.3, 0.4) is 0 Å². The van der Waals surface area contributed by atoms with Crippen molar-refractivity contribution in [3.8, 4) is 5.75 Å². The van der Waals surface area contributed by atoms with E-state index in [9.17, 15) is 12.8 Å². The number of sulfonamides is 1. The number of hydrogen-bond acceptors (Lipinski definition) is 4. The number of ether oxygens (including phenoxy) is 1. The Morgan fingerprint density at radius 1 is 1.47 bits per heavy atom. The molecule has 0 aliphatic carbocycles. The van der Waals surface area contributed by atoms with Crippen molar-refractivity contribution in [1.82, 2.24) is 4.72 Å². The molecule has 0 saturated carbocycles. The van der Waals surface area contributed by atoms with Gasteiger partial charge in [-0.15, -0.1) is 0 Å². The van der Waals surface area contributed by atoms with E-state index < -0.39 is 15.8 Å². The Morgan fingerprint density at radius 2 is 2.16 bits per heavy atom. The second-order valence-electron chi connectivity index (χ2n) is 4.14. The van der Waals surface area contributed by atoms with E-state index in [-0.39, 0.29) is 23.2 Å². The fraction of sp³-hybridized carbons (Fsp3) is 0.500. The first-order valence-corrected chi connectivity index (χ1v) is 7.48. The first-order chi connectivity index (χ1) is 8.94. The van der Waals surface area contributed by atoms with Crippen LogP contribution in [0.15, 0.2) is 23.1 Å². The third kappa shape index (κ3) is 4.15. The standard InChI is InChI=1S/C12H19FN2O3S/c1-3-4-9(8-14)15-19(16,17)10-5-6-12(18-2)11(13)7-10/h5-7,9,15H,3-4,8,14H2,1-2H3. The average molecular weight is 290 g/mol. The second-order valence-corrected chi connectivity index (χ2v) is 5.85. The molecule has 108 valence electrons. The summed E-state index contributed by atoms with van der Waals surface area (Å²) in [5.41, 5.74) is 5.50. The van der Waals surface area contributed by atoms with E-state index >= 15 is 0 Å². The minimum atomic E-state index is -3.77. The van der Waals surface area contributed by atoms with Crippen LogP contribution in [0.25, 0.3) is 0 Å². The van der Waals surface area contributed by atoms with Crippen LogP contribution in [0.2, 0.25) is 0 Å². The lowest BCUT2D eigenvalue weighted by Gasteiger charge is -2.16. The molecular formula is C12H19FN2O3S. The summed E-state index contributed by atoms with van der Waals surface area (Å²) >= 11 is 0. The fourth-order valence-corrected chi connectivity index (χ4v) is 2.97. The molecule has 0 heterocycles. The number of halogens is 1. The molecule has 7 heteroatoms. The maximum atomic E-state index is 13.5. The number of nitrogens with one attached hydrogen (secondary N) is 1. The number of methoxy groups -OCH3 is 1. The van der Waals surface area contributed by atoms with Crippen molar-refractivity contribution in [3.63, 3.8) is 0 Å². The second kappa shape index (κ2) is 6.83. The summed E-state index contributed by atoms with van der Waals surface area (Å²) in [6.07, 6.45) is 1.44. The molecule has 0 aliphatic heterocycles. The van der Waals surface area contributed by atoms with E-state index in [1.54, 1.807) is 0 Å². The van der Waals surface area contributed by atoms with Gasteiger partial charge in [0, 0.05) is 12.6 Å². The van der Waals surface area contributed by atoms with E-state index in [2.05, 4.69) is 4.72 Å². The third-order valence-electron chi connectivity index (χ3n) is 2.68. The Bertz CT molecular complexity index is 520. The summed E-state index contributed by atoms with van der Waals surface area (Å²) in [5.74, 6) is -0.715. The van der Waals surface area contributed by atoms with Crippen LogP contribution in [-0.2, 0) is 10.0 Å². The first kappa shape index (κ1) is 15.9. The van der Waals surface area contributed by atoms with Gasteiger partial charge < -0.3 is 10.5 Å². The van der Waals surface area contributed by atoms with Gasteiger partial charge in [-0.1, -0.05) is 13.3 Å². The Balaban J connectivity index is 2.96. The maximum absolute atomic E-state index is 13.5. The lowest BCUT2D eigenvalue weighted by molar-refractivity contribution is 0.385. The lowest BCUT2D eigenvalue weighted by Crippen LogP contribution is -2.40. The predicted molar refractivity (Wildman–Crippen MR) is 71.0 cm³/mol. The van der Waals surface area contributed by atoms with Crippen LogP contribution in [0.5, 0.6) is 5.75 Å². The van der Waals surface area contributed by atoms with Crippen LogP contribution in [0.1, 0.15) is 19.8 Å². The van der Waals surface area contributed by atoms with E-state index in [0.29, 0.717) is 6.42 Å². The van der Waals surface area contributed by atoms with Crippen molar-refractivity contribution in [2.45, 2.75) is 30.7 Å². The molecule has 0 fully saturated rings. The van der Waals surface area contributed by atoms with Crippen molar-refractivity contribution in [3.05, 3.63) is 24.0 Å². The van der Waals surface area contributed by atoms with Crippen molar-refractivity contribution in [2.75, 3.05) is 13.7 Å². The van der Waals surface area contributed by atoms with E-state index in [0.717, 1.165) is 12.5 Å². The molecule has 0 spiro atoms. The highest BCUT2D eigenvalue weighted by Gasteiger charge is 2.20. The van der Waals surface area contributed by atoms with Gasteiger partial charge in [-0.05, 0) is 24.6 Å². The summed E-state index contributed by atoms with van der Waals surface area (Å²) in [7, 11) is -2.45. The number of hydrogen-bond donors (Lipinski definition) is 2. The van der Waals surface area contributed by atoms with Gasteiger partial charge in [0.05, 0.1) is 12.0 Å². The molecule has 0 saturated heterocycles. The van der Waals surface area contributed by atoms with Crippen LogP contribution in [-0.4, -0.2) is 28.1 Å². The zero-order chi connectivity index (χ0) is 14.5. The topological polar surface area (TPSA) is 81.4 Å². The monoisotopic (exact) mass is 290 g/mol. The molecule has 0 radical (unpaired) electrons. The molecule has 0 amide bonds. The molecule has 3 N–H and O–H groups in total. The molecule has 0 bridgehead atoms. The predicted octanol–water partition coefficient (Wildman–Crippen LogP) is 1.24. The van der Waals surface area contributed by atoms with Gasteiger partial charge in [0.2, 0.25) is 10.0 Å². The number of nitrogens with two attached hydrogens (primary N) is 1. The SMILES string of the molecule is CCCC(CN)NS(=O)(=O)c1ccc(OC)c(F)c1. The maximum Gasteiger partial charge on any atom is 0.240 e. The minimum absolute atomic E-state index is 0.00267. The number of benzene rings is 1. The summed E-state index contributed by atoms with van der Waals surface area (Å²) in [6, 6.07) is 3.16. The van der Waals surface area contributed by atoms with Gasteiger partial charge in [-0.2, -0.15) is 0 Å². The molecule has 0 aliphatic rings. The van der Waals surface area contributed by atoms with Gasteiger partial charge >= 0.3 is 0 Å². The summed E-state index contributed by atoms with van der Waals surface area (Å²) < 4.78 is 44.8. The summed E-state index contributed by atoms with van der Waals surface area (Å²) in [4.78, 5) is -0.139. The zero-order valence-corrected chi connectivity index (χ0v) is 11.8. The molecule has 19 heavy (non-hydrogen) atoms. The molecule has 1 aromatic rings. The van der Waals surface area contributed by atoms with Crippen LogP contribution in [0, 0.1) is 5.82 Å². The molecule has 5 nitrogen and oxygen atoms in total. The average Bonchev–Trinajstić information content (AvgIpc) is 2.37. The van der Waals surface area contributed by atoms with Gasteiger partial charge in [0.25, 0.3) is 0 Å². The zero-order valence-electron chi connectivity index (χ0n) is 11.0. The summed E-state index contributed by atoms with van der Waals surface area (Å²) in [5, 5.41) is 0. The number of rotatable bonds is 7. The van der Waals surface area contributed by atoms with Crippen LogP contribution in [0.4, 0.5) is 4.39 Å². The van der Waals surface area contributed by atoms with Crippen molar-refractivity contribution in [2.24, 2.45) is 5.73 Å².